The van der Waals surface area contributed by atoms with Crippen molar-refractivity contribution in [3.63, 3.8) is 0 Å². The van der Waals surface area contributed by atoms with Crippen LogP contribution in [0.3, 0.4) is 0 Å². The molecule has 1 aromatic rings. The summed E-state index contributed by atoms with van der Waals surface area (Å²) in [4.78, 5) is 25.3. The molecular weight excluding hydrogens is 298 g/mol. The van der Waals surface area contributed by atoms with Gasteiger partial charge < -0.3 is 19.1 Å². The summed E-state index contributed by atoms with van der Waals surface area (Å²) >= 11 is 0. The highest BCUT2D eigenvalue weighted by Crippen LogP contribution is 2.24. The first-order valence-corrected chi connectivity index (χ1v) is 7.58. The smallest absolute Gasteiger partial charge is 0.410 e. The fourth-order valence-corrected chi connectivity index (χ4v) is 2.29. The Morgan fingerprint density at radius 2 is 1.87 bits per heavy atom. The Morgan fingerprint density at radius 1 is 1.22 bits per heavy atom. The maximum Gasteiger partial charge on any atom is 0.410 e. The van der Waals surface area contributed by atoms with Crippen LogP contribution in [-0.4, -0.2) is 49.4 Å². The summed E-state index contributed by atoms with van der Waals surface area (Å²) in [5.74, 6) is -0.378. The van der Waals surface area contributed by atoms with Crippen LogP contribution in [0.25, 0.3) is 0 Å². The van der Waals surface area contributed by atoms with Gasteiger partial charge in [0.25, 0.3) is 0 Å². The molecule has 0 bridgehead atoms. The average Bonchev–Trinajstić information content (AvgIpc) is 2.53. The fourth-order valence-electron chi connectivity index (χ4n) is 2.29. The number of methoxy groups -OCH3 is 1. The van der Waals surface area contributed by atoms with Crippen LogP contribution in [0.2, 0.25) is 0 Å². The molecule has 1 aliphatic rings. The number of morpholine rings is 1. The summed E-state index contributed by atoms with van der Waals surface area (Å²) < 4.78 is 15.8. The Hall–Kier alpha value is -2.08. The minimum Gasteiger partial charge on any atom is -0.465 e. The van der Waals surface area contributed by atoms with Gasteiger partial charge in [0.05, 0.1) is 25.8 Å². The lowest BCUT2D eigenvalue weighted by molar-refractivity contribution is -0.0432. The molecule has 0 spiro atoms. The van der Waals surface area contributed by atoms with Gasteiger partial charge >= 0.3 is 12.1 Å². The molecule has 1 aliphatic heterocycles. The fraction of sp³-hybridized carbons (Fsp3) is 0.529. The third-order valence-electron chi connectivity index (χ3n) is 3.42. The van der Waals surface area contributed by atoms with E-state index in [0.29, 0.717) is 25.3 Å². The lowest BCUT2D eigenvalue weighted by Crippen LogP contribution is -2.44. The van der Waals surface area contributed by atoms with E-state index in [4.69, 9.17) is 9.47 Å². The van der Waals surface area contributed by atoms with Crippen LogP contribution in [0, 0.1) is 0 Å². The molecule has 0 radical (unpaired) electrons. The van der Waals surface area contributed by atoms with Crippen molar-refractivity contribution in [1.82, 2.24) is 4.90 Å². The number of hydrogen-bond donors (Lipinski definition) is 0. The molecule has 1 amide bonds. The molecule has 0 saturated carbocycles. The van der Waals surface area contributed by atoms with E-state index in [2.05, 4.69) is 4.74 Å². The number of hydrogen-bond acceptors (Lipinski definition) is 5. The van der Waals surface area contributed by atoms with Crippen LogP contribution in [0.5, 0.6) is 0 Å². The number of carbonyl (C=O) groups excluding carboxylic acids is 2. The van der Waals surface area contributed by atoms with E-state index in [0.717, 1.165) is 5.56 Å². The molecule has 1 atom stereocenters. The summed E-state index contributed by atoms with van der Waals surface area (Å²) in [6, 6.07) is 7.01. The number of carbonyl (C=O) groups is 2. The van der Waals surface area contributed by atoms with E-state index in [1.54, 1.807) is 17.0 Å². The van der Waals surface area contributed by atoms with Crippen molar-refractivity contribution in [2.75, 3.05) is 26.8 Å². The van der Waals surface area contributed by atoms with E-state index in [1.807, 2.05) is 32.9 Å². The maximum absolute atomic E-state index is 12.2. The molecule has 126 valence electrons. The van der Waals surface area contributed by atoms with Gasteiger partial charge in [0, 0.05) is 6.54 Å². The topological polar surface area (TPSA) is 65.1 Å². The number of ether oxygens (including phenoxy) is 3. The lowest BCUT2D eigenvalue weighted by Gasteiger charge is -2.34. The molecule has 0 aliphatic carbocycles. The van der Waals surface area contributed by atoms with Crippen molar-refractivity contribution >= 4 is 12.1 Å². The van der Waals surface area contributed by atoms with Crippen LogP contribution >= 0.6 is 0 Å². The summed E-state index contributed by atoms with van der Waals surface area (Å²) in [7, 11) is 1.35. The standard InChI is InChI=1S/C17H23NO5/c1-17(2,3)23-16(20)18-9-10-22-14(11-18)12-5-7-13(8-6-12)15(19)21-4/h5-8,14H,9-11H2,1-4H3/t14-/m0/s1. The molecule has 0 unspecified atom stereocenters. The van der Waals surface area contributed by atoms with Gasteiger partial charge in [0.2, 0.25) is 0 Å². The lowest BCUT2D eigenvalue weighted by atomic mass is 10.1. The molecule has 1 fully saturated rings. The predicted molar refractivity (Wildman–Crippen MR) is 84.3 cm³/mol. The highest BCUT2D eigenvalue weighted by molar-refractivity contribution is 5.89. The zero-order valence-electron chi connectivity index (χ0n) is 14.0. The number of esters is 1. The van der Waals surface area contributed by atoms with E-state index in [1.165, 1.54) is 7.11 Å². The number of nitrogens with zero attached hydrogens (tertiary/aromatic N) is 1. The van der Waals surface area contributed by atoms with Gasteiger partial charge in [0.15, 0.2) is 0 Å². The third kappa shape index (κ3) is 4.69. The molecule has 0 aromatic heterocycles. The van der Waals surface area contributed by atoms with Crippen LogP contribution in [0.1, 0.15) is 42.8 Å². The molecule has 6 nitrogen and oxygen atoms in total. The van der Waals surface area contributed by atoms with Crippen LogP contribution in [0.15, 0.2) is 24.3 Å². The van der Waals surface area contributed by atoms with Gasteiger partial charge in [-0.05, 0) is 38.5 Å². The molecule has 1 saturated heterocycles. The Labute approximate surface area is 136 Å². The molecule has 23 heavy (non-hydrogen) atoms. The molecular formula is C17H23NO5. The molecule has 1 aromatic carbocycles. The van der Waals surface area contributed by atoms with Gasteiger partial charge in [-0.2, -0.15) is 0 Å². The largest absolute Gasteiger partial charge is 0.465 e. The quantitative estimate of drug-likeness (QED) is 0.784. The second kappa shape index (κ2) is 7.00. The highest BCUT2D eigenvalue weighted by Gasteiger charge is 2.28. The van der Waals surface area contributed by atoms with Crippen molar-refractivity contribution in [2.24, 2.45) is 0 Å². The van der Waals surface area contributed by atoms with Gasteiger partial charge in [-0.25, -0.2) is 9.59 Å². The predicted octanol–water partition coefficient (Wildman–Crippen LogP) is 2.78. The zero-order chi connectivity index (χ0) is 17.0. The summed E-state index contributed by atoms with van der Waals surface area (Å²) in [5.41, 5.74) is 0.870. The van der Waals surface area contributed by atoms with Crippen LogP contribution < -0.4 is 0 Å². The first kappa shape index (κ1) is 17.3. The van der Waals surface area contributed by atoms with Crippen molar-refractivity contribution in [3.8, 4) is 0 Å². The van der Waals surface area contributed by atoms with E-state index in [9.17, 15) is 9.59 Å². The van der Waals surface area contributed by atoms with Crippen LogP contribution in [0.4, 0.5) is 4.79 Å². The first-order chi connectivity index (χ1) is 10.8. The summed E-state index contributed by atoms with van der Waals surface area (Å²) in [6.07, 6.45) is -0.569. The Balaban J connectivity index is 2.03. The van der Waals surface area contributed by atoms with Gasteiger partial charge in [-0.15, -0.1) is 0 Å². The average molecular weight is 321 g/mol. The maximum atomic E-state index is 12.2. The number of amides is 1. The number of benzene rings is 1. The third-order valence-corrected chi connectivity index (χ3v) is 3.42. The normalized spacial score (nSPS) is 18.4. The molecule has 0 N–H and O–H groups in total. The second-order valence-electron chi connectivity index (χ2n) is 6.40. The molecule has 2 rings (SSSR count). The Kier molecular flexibility index (Phi) is 5.26. The zero-order valence-corrected chi connectivity index (χ0v) is 14.0. The van der Waals surface area contributed by atoms with E-state index < -0.39 is 5.60 Å². The monoisotopic (exact) mass is 321 g/mol. The van der Waals surface area contributed by atoms with Crippen molar-refractivity contribution in [1.29, 1.82) is 0 Å². The van der Waals surface area contributed by atoms with Gasteiger partial charge in [0.1, 0.15) is 11.7 Å². The minimum atomic E-state index is -0.521. The Morgan fingerprint density at radius 3 is 2.43 bits per heavy atom. The van der Waals surface area contributed by atoms with Gasteiger partial charge in [-0.1, -0.05) is 12.1 Å². The minimum absolute atomic E-state index is 0.233. The molecule has 1 heterocycles. The Bertz CT molecular complexity index is 561. The van der Waals surface area contributed by atoms with Gasteiger partial charge in [-0.3, -0.25) is 0 Å². The molecule has 6 heteroatoms. The first-order valence-electron chi connectivity index (χ1n) is 7.58. The SMILES string of the molecule is COC(=O)c1ccc([C@@H]2CN(C(=O)OC(C)(C)C)CCO2)cc1. The van der Waals surface area contributed by atoms with Crippen molar-refractivity contribution < 1.29 is 23.8 Å². The van der Waals surface area contributed by atoms with E-state index >= 15 is 0 Å². The summed E-state index contributed by atoms with van der Waals surface area (Å²) in [5, 5.41) is 0. The summed E-state index contributed by atoms with van der Waals surface area (Å²) in [6.45, 7) is 6.90. The van der Waals surface area contributed by atoms with Crippen molar-refractivity contribution in [3.05, 3.63) is 35.4 Å². The van der Waals surface area contributed by atoms with Crippen LogP contribution in [-0.2, 0) is 14.2 Å². The highest BCUT2D eigenvalue weighted by atomic mass is 16.6. The van der Waals surface area contributed by atoms with Crippen molar-refractivity contribution in [2.45, 2.75) is 32.5 Å². The second-order valence-corrected chi connectivity index (χ2v) is 6.40. The number of rotatable bonds is 2. The van der Waals surface area contributed by atoms with E-state index in [-0.39, 0.29) is 18.2 Å².